The smallest absolute Gasteiger partial charge is 0.352 e. The summed E-state index contributed by atoms with van der Waals surface area (Å²) in [7, 11) is 1.27. The number of hydrogen-bond acceptors (Lipinski definition) is 10. The van der Waals surface area contributed by atoms with Crippen LogP contribution in [0.1, 0.15) is 12.1 Å². The molecule has 13 heteroatoms. The molecule has 0 spiro atoms. The van der Waals surface area contributed by atoms with Gasteiger partial charge in [-0.25, -0.2) is 9.78 Å². The summed E-state index contributed by atoms with van der Waals surface area (Å²) in [6, 6.07) is -0.913. The normalized spacial score (nSPS) is 21.5. The van der Waals surface area contributed by atoms with Crippen molar-refractivity contribution in [2.75, 3.05) is 25.2 Å². The minimum absolute atomic E-state index is 0.0881. The fraction of sp³-hybridized carbons (Fsp3) is 0.353. The molecule has 0 bridgehead atoms. The number of nitrogens with zero attached hydrogens (tertiary/aromatic N) is 3. The third kappa shape index (κ3) is 4.17. The van der Waals surface area contributed by atoms with E-state index in [2.05, 4.69) is 15.5 Å². The molecule has 30 heavy (non-hydrogen) atoms. The first-order chi connectivity index (χ1) is 14.4. The van der Waals surface area contributed by atoms with Gasteiger partial charge >= 0.3 is 5.97 Å². The van der Waals surface area contributed by atoms with Gasteiger partial charge in [0.2, 0.25) is 0 Å². The lowest BCUT2D eigenvalue weighted by molar-refractivity contribution is -0.150. The fourth-order valence-electron chi connectivity index (χ4n) is 3.04. The summed E-state index contributed by atoms with van der Waals surface area (Å²) in [5.41, 5.74) is 6.14. The number of carboxylic acids is 1. The highest BCUT2D eigenvalue weighted by Crippen LogP contribution is 2.41. The van der Waals surface area contributed by atoms with E-state index in [9.17, 15) is 19.5 Å². The van der Waals surface area contributed by atoms with Gasteiger partial charge < -0.3 is 26.1 Å². The van der Waals surface area contributed by atoms with Crippen molar-refractivity contribution < 1.29 is 29.4 Å². The van der Waals surface area contributed by atoms with E-state index in [4.69, 9.17) is 15.7 Å². The van der Waals surface area contributed by atoms with E-state index in [1.54, 1.807) is 6.08 Å². The average Bonchev–Trinajstić information content (AvgIpc) is 3.15. The van der Waals surface area contributed by atoms with Crippen LogP contribution in [0.3, 0.4) is 0 Å². The molecule has 0 aliphatic carbocycles. The molecule has 2 atom stereocenters. The molecular weight excluding hydrogens is 434 g/mol. The number of fused-ring (bicyclic) bond motifs is 1. The number of amides is 2. The second-order valence-electron chi connectivity index (χ2n) is 6.17. The zero-order valence-corrected chi connectivity index (χ0v) is 17.4. The van der Waals surface area contributed by atoms with Gasteiger partial charge in [0.25, 0.3) is 11.8 Å². The number of carbonyl (C=O) groups is 3. The maximum absolute atomic E-state index is 12.7. The van der Waals surface area contributed by atoms with Crippen LogP contribution in [-0.2, 0) is 19.2 Å². The molecule has 160 valence electrons. The largest absolute Gasteiger partial charge is 0.477 e. The molecule has 3 heterocycles. The van der Waals surface area contributed by atoms with Crippen LogP contribution in [0.25, 0.3) is 0 Å². The molecule has 3 rings (SSSR count). The van der Waals surface area contributed by atoms with Crippen LogP contribution in [0.4, 0.5) is 5.13 Å². The Labute approximate surface area is 179 Å². The van der Waals surface area contributed by atoms with Crippen LogP contribution in [0, 0.1) is 0 Å². The monoisotopic (exact) mass is 453 g/mol. The number of carbonyl (C=O) groups excluding carboxylic acids is 2. The molecule has 2 aliphatic heterocycles. The van der Waals surface area contributed by atoms with Gasteiger partial charge in [-0.15, -0.1) is 23.1 Å². The Morgan fingerprint density at radius 3 is 2.87 bits per heavy atom. The fourth-order valence-corrected chi connectivity index (χ4v) is 4.95. The summed E-state index contributed by atoms with van der Waals surface area (Å²) in [4.78, 5) is 47.0. The molecule has 2 amide bonds. The highest BCUT2D eigenvalue weighted by atomic mass is 32.2. The van der Waals surface area contributed by atoms with Crippen LogP contribution in [-0.4, -0.2) is 74.5 Å². The van der Waals surface area contributed by atoms with Crippen molar-refractivity contribution >= 4 is 51.7 Å². The number of rotatable bonds is 8. The van der Waals surface area contributed by atoms with Crippen molar-refractivity contribution in [3.05, 3.63) is 34.5 Å². The van der Waals surface area contributed by atoms with Crippen molar-refractivity contribution in [1.29, 1.82) is 0 Å². The summed E-state index contributed by atoms with van der Waals surface area (Å²) >= 11 is 2.47. The number of aliphatic hydroxyl groups excluding tert-OH is 1. The number of anilines is 1. The summed E-state index contributed by atoms with van der Waals surface area (Å²) < 4.78 is 0. The number of oxime groups is 1. The first-order valence-corrected chi connectivity index (χ1v) is 10.6. The molecule has 1 aromatic rings. The highest BCUT2D eigenvalue weighted by molar-refractivity contribution is 8.00. The number of allylic oxidation sites excluding steroid dienone is 1. The van der Waals surface area contributed by atoms with Gasteiger partial charge in [0.05, 0.1) is 6.61 Å². The van der Waals surface area contributed by atoms with Gasteiger partial charge in [-0.1, -0.05) is 17.3 Å². The predicted molar refractivity (Wildman–Crippen MR) is 111 cm³/mol. The van der Waals surface area contributed by atoms with E-state index in [1.807, 2.05) is 0 Å². The van der Waals surface area contributed by atoms with E-state index in [-0.39, 0.29) is 28.8 Å². The van der Waals surface area contributed by atoms with Gasteiger partial charge in [0.15, 0.2) is 10.8 Å². The Balaban J connectivity index is 1.77. The molecule has 0 aromatic carbocycles. The number of nitrogen functional groups attached to an aromatic ring is 1. The lowest BCUT2D eigenvalue weighted by Gasteiger charge is -2.49. The van der Waals surface area contributed by atoms with Crippen molar-refractivity contribution in [2.24, 2.45) is 5.16 Å². The molecule has 1 fully saturated rings. The Morgan fingerprint density at radius 2 is 2.27 bits per heavy atom. The van der Waals surface area contributed by atoms with E-state index < -0.39 is 29.2 Å². The van der Waals surface area contributed by atoms with E-state index in [0.29, 0.717) is 17.7 Å². The van der Waals surface area contributed by atoms with Crippen LogP contribution in [0.2, 0.25) is 0 Å². The number of hydrogen-bond donors (Lipinski definition) is 4. The Bertz CT molecular complexity index is 956. The molecule has 0 radical (unpaired) electrons. The second kappa shape index (κ2) is 9.28. The number of aromatic nitrogens is 1. The maximum atomic E-state index is 12.7. The van der Waals surface area contributed by atoms with Gasteiger partial charge in [0, 0.05) is 11.1 Å². The number of thiazole rings is 1. The quantitative estimate of drug-likeness (QED) is 0.180. The van der Waals surface area contributed by atoms with Gasteiger partial charge in [-0.3, -0.25) is 14.5 Å². The van der Waals surface area contributed by atoms with Crippen molar-refractivity contribution in [2.45, 2.75) is 17.8 Å². The molecule has 1 saturated heterocycles. The average molecular weight is 454 g/mol. The first kappa shape index (κ1) is 21.8. The number of aliphatic carboxylic acids is 1. The maximum Gasteiger partial charge on any atom is 0.352 e. The summed E-state index contributed by atoms with van der Waals surface area (Å²) in [5.74, 6) is -2.06. The van der Waals surface area contributed by atoms with Crippen LogP contribution >= 0.6 is 23.1 Å². The Hall–Kier alpha value is -2.90. The predicted octanol–water partition coefficient (Wildman–Crippen LogP) is -0.247. The molecular formula is C17H19N5O6S2. The topological polar surface area (TPSA) is 167 Å². The van der Waals surface area contributed by atoms with Crippen LogP contribution in [0.15, 0.2) is 34.0 Å². The van der Waals surface area contributed by atoms with Crippen LogP contribution < -0.4 is 11.1 Å². The highest BCUT2D eigenvalue weighted by Gasteiger charge is 2.54. The lowest BCUT2D eigenvalue weighted by atomic mass is 10.0. The van der Waals surface area contributed by atoms with E-state index in [1.165, 1.54) is 35.2 Å². The van der Waals surface area contributed by atoms with Gasteiger partial charge in [0.1, 0.15) is 29.9 Å². The molecule has 1 aromatic heterocycles. The molecule has 5 N–H and O–H groups in total. The molecule has 2 aliphatic rings. The summed E-state index contributed by atoms with van der Waals surface area (Å²) in [6.45, 7) is -0.155. The third-order valence-corrected chi connectivity index (χ3v) is 6.35. The zero-order valence-electron chi connectivity index (χ0n) is 15.8. The van der Waals surface area contributed by atoms with E-state index in [0.717, 1.165) is 11.3 Å². The summed E-state index contributed by atoms with van der Waals surface area (Å²) in [5, 5.41) is 25.9. The third-order valence-electron chi connectivity index (χ3n) is 4.33. The minimum atomic E-state index is -1.22. The lowest BCUT2D eigenvalue weighted by Crippen LogP contribution is -2.71. The number of aliphatic hydroxyl groups is 1. The second-order valence-corrected chi connectivity index (χ2v) is 8.16. The first-order valence-electron chi connectivity index (χ1n) is 8.68. The SMILES string of the molecule is CO/N=C(\C(=O)N[C@@H]1C(=O)N2C(C(=O)O)=C(C/C=C/CO)CS[C@H]12)c1csc(N)n1. The summed E-state index contributed by atoms with van der Waals surface area (Å²) in [6.07, 6.45) is 3.46. The number of nitrogens with two attached hydrogens (primary N) is 1. The van der Waals surface area contributed by atoms with Crippen molar-refractivity contribution in [3.8, 4) is 0 Å². The molecule has 0 saturated carbocycles. The van der Waals surface area contributed by atoms with Crippen molar-refractivity contribution in [1.82, 2.24) is 15.2 Å². The Kier molecular flexibility index (Phi) is 6.74. The van der Waals surface area contributed by atoms with Gasteiger partial charge in [-0.2, -0.15) is 0 Å². The molecule has 0 unspecified atom stereocenters. The molecule has 11 nitrogen and oxygen atoms in total. The Morgan fingerprint density at radius 1 is 1.50 bits per heavy atom. The standard InChI is InChI=1S/C17H19N5O6S2/c1-28-21-10(9-7-30-17(18)19-9)13(24)20-11-14(25)22-12(16(26)27)8(4-2-3-5-23)6-29-15(11)22/h2-3,7,11,15,23H,4-6H2,1H3,(H2,18,19)(H,20,24)(H,26,27)/b3-2+,21-10-/t11-,15-/m1/s1. The number of β-lactam (4-membered cyclic amide) rings is 1. The number of thioether (sulfide) groups is 1. The number of carboxylic acid groups (broad SMARTS) is 1. The van der Waals surface area contributed by atoms with Gasteiger partial charge in [-0.05, 0) is 12.0 Å². The van der Waals surface area contributed by atoms with Crippen LogP contribution in [0.5, 0.6) is 0 Å². The van der Waals surface area contributed by atoms with E-state index >= 15 is 0 Å². The zero-order chi connectivity index (χ0) is 21.8. The number of nitrogens with one attached hydrogen (secondary N) is 1. The van der Waals surface area contributed by atoms with Crippen molar-refractivity contribution in [3.63, 3.8) is 0 Å². The minimum Gasteiger partial charge on any atom is -0.477 e.